The fourth-order valence-corrected chi connectivity index (χ4v) is 5.65. The van der Waals surface area contributed by atoms with Crippen molar-refractivity contribution in [1.29, 1.82) is 0 Å². The van der Waals surface area contributed by atoms with Gasteiger partial charge in [0.25, 0.3) is 0 Å². The third kappa shape index (κ3) is 6.17. The maximum Gasteiger partial charge on any atom is 0.146 e. The van der Waals surface area contributed by atoms with E-state index in [1.807, 2.05) is 66.3 Å². The molecular formula is C29H32N4O3S. The summed E-state index contributed by atoms with van der Waals surface area (Å²) < 4.78 is 7.80. The molecule has 0 saturated carbocycles. The molecule has 0 saturated heterocycles. The van der Waals surface area contributed by atoms with Gasteiger partial charge in [0.15, 0.2) is 0 Å². The third-order valence-electron chi connectivity index (χ3n) is 6.43. The Labute approximate surface area is 221 Å². The van der Waals surface area contributed by atoms with E-state index in [1.54, 1.807) is 18.0 Å². The summed E-state index contributed by atoms with van der Waals surface area (Å²) >= 11 is 1.76. The Morgan fingerprint density at radius 2 is 1.65 bits per heavy atom. The Balaban J connectivity index is 1.22. The first-order valence-corrected chi connectivity index (χ1v) is 13.2. The Morgan fingerprint density at radius 1 is 0.973 bits per heavy atom. The number of para-hydroxylation sites is 2. The lowest BCUT2D eigenvalue weighted by Gasteiger charge is -2.35. The van der Waals surface area contributed by atoms with Crippen LogP contribution in [0.25, 0.3) is 0 Å². The molecule has 0 radical (unpaired) electrons. The van der Waals surface area contributed by atoms with Crippen LogP contribution in [0.4, 0.5) is 11.4 Å². The van der Waals surface area contributed by atoms with Crippen molar-refractivity contribution in [2.45, 2.75) is 29.0 Å². The number of aliphatic hydroxyl groups is 2. The Hall–Kier alpha value is -3.30. The first-order chi connectivity index (χ1) is 18.1. The molecule has 0 amide bonds. The average molecular weight is 517 g/mol. The second-order valence-corrected chi connectivity index (χ2v) is 10.2. The van der Waals surface area contributed by atoms with E-state index in [9.17, 15) is 10.2 Å². The highest BCUT2D eigenvalue weighted by molar-refractivity contribution is 7.99. The molecule has 1 aliphatic rings. The second kappa shape index (κ2) is 11.8. The summed E-state index contributed by atoms with van der Waals surface area (Å²) in [7, 11) is 1.95. The number of benzene rings is 3. The molecule has 0 bridgehead atoms. The average Bonchev–Trinajstić information content (AvgIpc) is 3.32. The smallest absolute Gasteiger partial charge is 0.146 e. The zero-order chi connectivity index (χ0) is 25.6. The molecule has 0 spiro atoms. The van der Waals surface area contributed by atoms with Crippen molar-refractivity contribution >= 4 is 23.1 Å². The molecule has 0 unspecified atom stereocenters. The van der Waals surface area contributed by atoms with Gasteiger partial charge in [-0.15, -0.1) is 0 Å². The van der Waals surface area contributed by atoms with Gasteiger partial charge in [0.1, 0.15) is 18.2 Å². The minimum absolute atomic E-state index is 0.0313. The number of fused-ring (bicyclic) bond motifs is 2. The van der Waals surface area contributed by atoms with E-state index in [4.69, 9.17) is 4.74 Å². The number of anilines is 2. The lowest BCUT2D eigenvalue weighted by Crippen LogP contribution is -2.40. The fourth-order valence-electron chi connectivity index (χ4n) is 4.55. The van der Waals surface area contributed by atoms with E-state index in [2.05, 4.69) is 39.0 Å². The molecule has 1 aliphatic heterocycles. The molecule has 2 N–H and O–H groups in total. The molecule has 2 heterocycles. The second-order valence-electron chi connectivity index (χ2n) is 9.15. The molecule has 7 nitrogen and oxygen atoms in total. The summed E-state index contributed by atoms with van der Waals surface area (Å²) in [5.41, 5.74) is 3.32. The quantitative estimate of drug-likeness (QED) is 0.305. The van der Waals surface area contributed by atoms with Gasteiger partial charge < -0.3 is 24.4 Å². The molecule has 8 heteroatoms. The maximum absolute atomic E-state index is 11.2. The summed E-state index contributed by atoms with van der Waals surface area (Å²) in [5, 5.41) is 20.8. The molecule has 1 aromatic heterocycles. The van der Waals surface area contributed by atoms with E-state index in [0.29, 0.717) is 32.8 Å². The Morgan fingerprint density at radius 3 is 2.27 bits per heavy atom. The maximum atomic E-state index is 11.2. The number of ether oxygens (including phenoxy) is 1. The molecular weight excluding hydrogens is 484 g/mol. The number of aliphatic hydroxyl groups excluding tert-OH is 2. The van der Waals surface area contributed by atoms with Crippen LogP contribution in [0, 0.1) is 0 Å². The molecule has 5 rings (SSSR count). The monoisotopic (exact) mass is 516 g/mol. The van der Waals surface area contributed by atoms with Gasteiger partial charge in [0, 0.05) is 48.9 Å². The summed E-state index contributed by atoms with van der Waals surface area (Å²) in [6.07, 6.45) is 3.05. The molecule has 1 atom stereocenters. The van der Waals surface area contributed by atoms with Gasteiger partial charge in [-0.05, 0) is 42.0 Å². The first-order valence-electron chi connectivity index (χ1n) is 12.4. The van der Waals surface area contributed by atoms with Crippen LogP contribution in [0.3, 0.4) is 0 Å². The van der Waals surface area contributed by atoms with Crippen molar-refractivity contribution in [1.82, 2.24) is 14.5 Å². The summed E-state index contributed by atoms with van der Waals surface area (Å²) in [5.74, 6) is 1.64. The van der Waals surface area contributed by atoms with Crippen LogP contribution in [0.1, 0.15) is 11.4 Å². The molecule has 192 valence electrons. The van der Waals surface area contributed by atoms with Gasteiger partial charge in [-0.3, -0.25) is 4.90 Å². The van der Waals surface area contributed by atoms with Crippen molar-refractivity contribution in [2.24, 2.45) is 7.05 Å². The van der Waals surface area contributed by atoms with Crippen molar-refractivity contribution in [3.8, 4) is 5.75 Å². The van der Waals surface area contributed by atoms with Crippen LogP contribution < -0.4 is 9.64 Å². The van der Waals surface area contributed by atoms with Crippen LogP contribution in [0.2, 0.25) is 0 Å². The molecule has 3 aromatic carbocycles. The van der Waals surface area contributed by atoms with Crippen molar-refractivity contribution in [3.05, 3.63) is 96.6 Å². The van der Waals surface area contributed by atoms with Crippen LogP contribution in [-0.2, 0) is 20.2 Å². The number of rotatable bonds is 11. The number of hydrogen-bond donors (Lipinski definition) is 2. The SMILES string of the molecule is Cn1ccnc1COc1ccc(CN(CCO)C[C@@H](O)CN2c3ccccc3Sc3ccccc32)cc1. The minimum atomic E-state index is -0.601. The van der Waals surface area contributed by atoms with E-state index in [0.717, 1.165) is 28.5 Å². The minimum Gasteiger partial charge on any atom is -0.486 e. The van der Waals surface area contributed by atoms with Crippen LogP contribution in [0.5, 0.6) is 5.75 Å². The predicted octanol–water partition coefficient (Wildman–Crippen LogP) is 4.46. The van der Waals surface area contributed by atoms with Gasteiger partial charge in [0.05, 0.1) is 30.6 Å². The van der Waals surface area contributed by atoms with Gasteiger partial charge in [-0.1, -0.05) is 48.2 Å². The van der Waals surface area contributed by atoms with Gasteiger partial charge >= 0.3 is 0 Å². The summed E-state index contributed by atoms with van der Waals surface area (Å²) in [6, 6.07) is 24.6. The highest BCUT2D eigenvalue weighted by atomic mass is 32.2. The van der Waals surface area contributed by atoms with Gasteiger partial charge in [-0.2, -0.15) is 0 Å². The number of aryl methyl sites for hydroxylation is 1. The standard InChI is InChI=1S/C29H32N4O3S/c1-31-15-14-30-29(31)21-36-24-12-10-22(11-13-24)18-32(16-17-34)19-23(35)20-33-25-6-2-4-8-27(25)37-28-9-5-3-7-26(28)33/h2-15,23,34-35H,16-21H2,1H3/t23-/m1/s1. The van der Waals surface area contributed by atoms with Crippen LogP contribution in [0.15, 0.2) is 95.0 Å². The fraction of sp³-hybridized carbons (Fsp3) is 0.276. The van der Waals surface area contributed by atoms with Crippen LogP contribution in [-0.4, -0.2) is 57.0 Å². The molecule has 37 heavy (non-hydrogen) atoms. The van der Waals surface area contributed by atoms with Crippen LogP contribution >= 0.6 is 11.8 Å². The zero-order valence-corrected chi connectivity index (χ0v) is 21.7. The lowest BCUT2D eigenvalue weighted by atomic mass is 10.1. The molecule has 0 aliphatic carbocycles. The number of hydrogen-bond acceptors (Lipinski definition) is 7. The third-order valence-corrected chi connectivity index (χ3v) is 7.56. The first kappa shape index (κ1) is 25.4. The number of aromatic nitrogens is 2. The van der Waals surface area contributed by atoms with Crippen molar-refractivity contribution in [3.63, 3.8) is 0 Å². The Kier molecular flexibility index (Phi) is 8.11. The number of nitrogens with zero attached hydrogens (tertiary/aromatic N) is 4. The Bertz CT molecular complexity index is 1270. The highest BCUT2D eigenvalue weighted by Gasteiger charge is 2.25. The van der Waals surface area contributed by atoms with E-state index >= 15 is 0 Å². The highest BCUT2D eigenvalue weighted by Crippen LogP contribution is 2.47. The summed E-state index contributed by atoms with van der Waals surface area (Å²) in [6.45, 7) is 2.47. The molecule has 4 aromatic rings. The van der Waals surface area contributed by atoms with Gasteiger partial charge in [-0.25, -0.2) is 4.98 Å². The van der Waals surface area contributed by atoms with E-state index < -0.39 is 6.10 Å². The van der Waals surface area contributed by atoms with Crippen molar-refractivity contribution in [2.75, 3.05) is 31.1 Å². The normalized spacial score (nSPS) is 13.4. The van der Waals surface area contributed by atoms with Crippen molar-refractivity contribution < 1.29 is 14.9 Å². The molecule has 0 fully saturated rings. The van der Waals surface area contributed by atoms with E-state index in [-0.39, 0.29) is 6.61 Å². The topological polar surface area (TPSA) is 74.0 Å². The zero-order valence-electron chi connectivity index (χ0n) is 20.9. The number of β-amino-alcohol motifs (C(OH)–C–C–N with tert-alkyl or cyclic N) is 1. The number of imidazole rings is 1. The lowest BCUT2D eigenvalue weighted by molar-refractivity contribution is 0.100. The largest absolute Gasteiger partial charge is 0.486 e. The summed E-state index contributed by atoms with van der Waals surface area (Å²) in [4.78, 5) is 10.9. The van der Waals surface area contributed by atoms with E-state index in [1.165, 1.54) is 9.79 Å². The predicted molar refractivity (Wildman–Crippen MR) is 146 cm³/mol. The van der Waals surface area contributed by atoms with Gasteiger partial charge in [0.2, 0.25) is 0 Å².